The van der Waals surface area contributed by atoms with E-state index in [2.05, 4.69) is 34.3 Å². The van der Waals surface area contributed by atoms with Gasteiger partial charge in [0.05, 0.1) is 5.02 Å². The molecule has 0 fully saturated rings. The monoisotopic (exact) mass is 382 g/mol. The minimum absolute atomic E-state index is 0.286. The van der Waals surface area contributed by atoms with Crippen molar-refractivity contribution in [3.63, 3.8) is 0 Å². The van der Waals surface area contributed by atoms with Crippen LogP contribution in [0, 0.1) is 0 Å². The number of benzene rings is 1. The summed E-state index contributed by atoms with van der Waals surface area (Å²) in [4.78, 5) is 14.2. The molecule has 0 bridgehead atoms. The van der Waals surface area contributed by atoms with Crippen molar-refractivity contribution in [1.29, 1.82) is 0 Å². The van der Waals surface area contributed by atoms with E-state index in [-0.39, 0.29) is 5.92 Å². The van der Waals surface area contributed by atoms with E-state index >= 15 is 0 Å². The summed E-state index contributed by atoms with van der Waals surface area (Å²) in [5.74, 6) is 3.10. The maximum Gasteiger partial charge on any atom is 0.247 e. The molecule has 0 amide bonds. The van der Waals surface area contributed by atoms with E-state index in [0.29, 0.717) is 16.8 Å². The first-order valence-corrected chi connectivity index (χ1v) is 9.83. The molecule has 0 spiro atoms. The lowest BCUT2D eigenvalue weighted by molar-refractivity contribution is 0.709. The van der Waals surface area contributed by atoms with Crippen LogP contribution in [0.1, 0.15) is 56.1 Å². The Morgan fingerprint density at radius 3 is 2.63 bits per heavy atom. The van der Waals surface area contributed by atoms with Gasteiger partial charge >= 0.3 is 0 Å². The maximum atomic E-state index is 6.39. The Morgan fingerprint density at radius 1 is 1.04 bits per heavy atom. The largest absolute Gasteiger partial charge is 0.307 e. The van der Waals surface area contributed by atoms with E-state index in [9.17, 15) is 0 Å². The number of nitrogens with zero attached hydrogens (tertiary/aromatic N) is 4. The summed E-state index contributed by atoms with van der Waals surface area (Å²) in [6, 6.07) is 7.68. The number of anilines is 2. The Morgan fingerprint density at radius 2 is 1.85 bits per heavy atom. The molecule has 140 valence electrons. The van der Waals surface area contributed by atoms with Gasteiger partial charge in [0.1, 0.15) is 11.6 Å². The molecule has 4 rings (SSSR count). The number of nitrogens with one attached hydrogen (secondary N) is 2. The highest BCUT2D eigenvalue weighted by Gasteiger charge is 2.20. The second kappa shape index (κ2) is 7.64. The van der Waals surface area contributed by atoms with Crippen LogP contribution in [0.3, 0.4) is 0 Å². The van der Waals surface area contributed by atoms with Gasteiger partial charge < -0.3 is 5.32 Å². The van der Waals surface area contributed by atoms with Crippen LogP contribution in [0.2, 0.25) is 5.02 Å². The molecule has 1 aromatic carbocycles. The molecular weight excluding hydrogens is 360 g/mol. The van der Waals surface area contributed by atoms with Crippen molar-refractivity contribution in [3.05, 3.63) is 46.4 Å². The SMILES string of the molecule is CC(C)c1nc(Nc2nc(-c3ccccc3Cl)nc3c2CCCCC3)n[nH]1. The molecule has 1 aliphatic carbocycles. The summed E-state index contributed by atoms with van der Waals surface area (Å²) in [6.07, 6.45) is 5.40. The number of aromatic amines is 1. The van der Waals surface area contributed by atoms with Crippen LogP contribution in [0.4, 0.5) is 11.8 Å². The van der Waals surface area contributed by atoms with Crippen LogP contribution in [0.25, 0.3) is 11.4 Å². The van der Waals surface area contributed by atoms with Crippen molar-refractivity contribution in [3.8, 4) is 11.4 Å². The fraction of sp³-hybridized carbons (Fsp3) is 0.400. The Kier molecular flexibility index (Phi) is 5.07. The first kappa shape index (κ1) is 17.9. The number of hydrogen-bond donors (Lipinski definition) is 2. The number of aromatic nitrogens is 5. The third-order valence-electron chi connectivity index (χ3n) is 4.83. The van der Waals surface area contributed by atoms with Gasteiger partial charge in [0.2, 0.25) is 5.95 Å². The molecule has 0 radical (unpaired) electrons. The molecule has 2 aromatic heterocycles. The smallest absolute Gasteiger partial charge is 0.247 e. The molecule has 3 aromatic rings. The Balaban J connectivity index is 1.78. The molecule has 27 heavy (non-hydrogen) atoms. The molecule has 2 N–H and O–H groups in total. The fourth-order valence-electron chi connectivity index (χ4n) is 3.33. The zero-order valence-electron chi connectivity index (χ0n) is 15.6. The van der Waals surface area contributed by atoms with Crippen LogP contribution >= 0.6 is 11.6 Å². The normalized spacial score (nSPS) is 14.1. The van der Waals surface area contributed by atoms with E-state index in [1.165, 1.54) is 12.0 Å². The third kappa shape index (κ3) is 3.81. The second-order valence-electron chi connectivity index (χ2n) is 7.19. The van der Waals surface area contributed by atoms with Crippen molar-refractivity contribution in [2.75, 3.05) is 5.32 Å². The standard InChI is InChI=1S/C20H23ClN6/c1-12(2)17-24-20(27-26-17)25-19-14-9-4-3-5-11-16(14)22-18(23-19)13-8-6-7-10-15(13)21/h6-8,10,12H,3-5,9,11H2,1-2H3,(H2,22,23,24,25,26,27). The average molecular weight is 383 g/mol. The van der Waals surface area contributed by atoms with Gasteiger partial charge in [-0.2, -0.15) is 4.98 Å². The molecule has 0 saturated carbocycles. The van der Waals surface area contributed by atoms with Crippen LogP contribution in [0.5, 0.6) is 0 Å². The van der Waals surface area contributed by atoms with Gasteiger partial charge in [0, 0.05) is 22.7 Å². The van der Waals surface area contributed by atoms with Gasteiger partial charge in [-0.1, -0.05) is 44.0 Å². The summed E-state index contributed by atoms with van der Waals surface area (Å²) < 4.78 is 0. The van der Waals surface area contributed by atoms with Crippen molar-refractivity contribution in [1.82, 2.24) is 25.1 Å². The lowest BCUT2D eigenvalue weighted by Crippen LogP contribution is -2.08. The van der Waals surface area contributed by atoms with E-state index in [1.54, 1.807) is 0 Å². The van der Waals surface area contributed by atoms with Crippen molar-refractivity contribution >= 4 is 23.4 Å². The highest BCUT2D eigenvalue weighted by atomic mass is 35.5. The maximum absolute atomic E-state index is 6.39. The highest BCUT2D eigenvalue weighted by molar-refractivity contribution is 6.33. The first-order chi connectivity index (χ1) is 13.1. The molecule has 0 saturated heterocycles. The second-order valence-corrected chi connectivity index (χ2v) is 7.59. The molecule has 1 aliphatic rings. The first-order valence-electron chi connectivity index (χ1n) is 9.46. The zero-order valence-corrected chi connectivity index (χ0v) is 16.3. The minimum Gasteiger partial charge on any atom is -0.307 e. The average Bonchev–Trinajstić information content (AvgIpc) is 2.99. The number of rotatable bonds is 4. The van der Waals surface area contributed by atoms with E-state index in [4.69, 9.17) is 21.6 Å². The summed E-state index contributed by atoms with van der Waals surface area (Å²) in [7, 11) is 0. The molecule has 7 heteroatoms. The number of fused-ring (bicyclic) bond motifs is 1. The van der Waals surface area contributed by atoms with Crippen LogP contribution < -0.4 is 5.32 Å². The van der Waals surface area contributed by atoms with Gasteiger partial charge in [-0.3, -0.25) is 5.10 Å². The Bertz CT molecular complexity index is 949. The van der Waals surface area contributed by atoms with E-state index in [0.717, 1.165) is 48.6 Å². The quantitative estimate of drug-likeness (QED) is 0.617. The van der Waals surface area contributed by atoms with Gasteiger partial charge in [0.25, 0.3) is 0 Å². The summed E-state index contributed by atoms with van der Waals surface area (Å²) >= 11 is 6.39. The molecule has 0 unspecified atom stereocenters. The number of halogens is 1. The number of aryl methyl sites for hydroxylation is 1. The molecule has 0 atom stereocenters. The van der Waals surface area contributed by atoms with Gasteiger partial charge in [-0.25, -0.2) is 9.97 Å². The topological polar surface area (TPSA) is 79.4 Å². The predicted octanol–water partition coefficient (Wildman–Crippen LogP) is 5.05. The van der Waals surface area contributed by atoms with Gasteiger partial charge in [0.15, 0.2) is 5.82 Å². The predicted molar refractivity (Wildman–Crippen MR) is 107 cm³/mol. The molecule has 0 aliphatic heterocycles. The minimum atomic E-state index is 0.286. The summed E-state index contributed by atoms with van der Waals surface area (Å²) in [5, 5.41) is 11.2. The van der Waals surface area contributed by atoms with Crippen LogP contribution in [-0.4, -0.2) is 25.1 Å². The van der Waals surface area contributed by atoms with Crippen molar-refractivity contribution < 1.29 is 0 Å². The molecule has 6 nitrogen and oxygen atoms in total. The number of H-pyrrole nitrogens is 1. The molecular formula is C20H23ClN6. The van der Waals surface area contributed by atoms with Gasteiger partial charge in [-0.15, -0.1) is 5.10 Å². The Hall–Kier alpha value is -2.47. The van der Waals surface area contributed by atoms with E-state index < -0.39 is 0 Å². The summed E-state index contributed by atoms with van der Waals surface area (Å²) in [5.41, 5.74) is 3.10. The van der Waals surface area contributed by atoms with Crippen LogP contribution in [0.15, 0.2) is 24.3 Å². The Labute approximate surface area is 163 Å². The fourth-order valence-corrected chi connectivity index (χ4v) is 3.55. The molecule has 2 heterocycles. The highest BCUT2D eigenvalue weighted by Crippen LogP contribution is 2.31. The summed E-state index contributed by atoms with van der Waals surface area (Å²) in [6.45, 7) is 4.16. The third-order valence-corrected chi connectivity index (χ3v) is 5.16. The number of hydrogen-bond acceptors (Lipinski definition) is 5. The zero-order chi connectivity index (χ0) is 18.8. The lowest BCUT2D eigenvalue weighted by Gasteiger charge is -2.14. The lowest BCUT2D eigenvalue weighted by atomic mass is 10.1. The van der Waals surface area contributed by atoms with Crippen molar-refractivity contribution in [2.24, 2.45) is 0 Å². The van der Waals surface area contributed by atoms with Crippen molar-refractivity contribution in [2.45, 2.75) is 51.9 Å². The van der Waals surface area contributed by atoms with Crippen LogP contribution in [-0.2, 0) is 12.8 Å². The van der Waals surface area contributed by atoms with Gasteiger partial charge in [-0.05, 0) is 37.8 Å². The van der Waals surface area contributed by atoms with E-state index in [1.807, 2.05) is 24.3 Å².